The SMILES string of the molecule is NCc1cccc(CNC(=O)C2N(C(=O)c3ccc(F)cc3)CCN2C(=O)c2ccc(Cl)c(Cl)c2)c1. The van der Waals surface area contributed by atoms with Crippen molar-refractivity contribution in [3.63, 3.8) is 0 Å². The number of nitrogens with one attached hydrogen (secondary N) is 1. The third-order valence-electron chi connectivity index (χ3n) is 5.88. The van der Waals surface area contributed by atoms with Crippen LogP contribution in [-0.4, -0.2) is 46.8 Å². The molecule has 3 aromatic rings. The first-order valence-corrected chi connectivity index (χ1v) is 11.9. The van der Waals surface area contributed by atoms with Crippen LogP contribution in [-0.2, 0) is 17.9 Å². The van der Waals surface area contributed by atoms with Gasteiger partial charge in [-0.25, -0.2) is 4.39 Å². The summed E-state index contributed by atoms with van der Waals surface area (Å²) in [6, 6.07) is 16.9. The molecule has 36 heavy (non-hydrogen) atoms. The molecule has 1 atom stereocenters. The number of hydrogen-bond donors (Lipinski definition) is 2. The van der Waals surface area contributed by atoms with Gasteiger partial charge in [-0.3, -0.25) is 14.4 Å². The molecule has 3 aromatic carbocycles. The standard InChI is InChI=1S/C26H23Cl2FN4O3/c27-21-9-6-19(13-22(21)28)26(36)33-11-10-32(25(35)18-4-7-20(29)8-5-18)24(33)23(34)31-15-17-3-1-2-16(12-17)14-30/h1-9,12-13,24H,10-11,14-15,30H2,(H,31,34). The van der Waals surface area contributed by atoms with Gasteiger partial charge in [0.15, 0.2) is 6.17 Å². The van der Waals surface area contributed by atoms with Gasteiger partial charge in [0, 0.05) is 37.3 Å². The molecule has 0 saturated carbocycles. The second-order valence-electron chi connectivity index (χ2n) is 8.25. The molecule has 186 valence electrons. The molecule has 0 spiro atoms. The molecule has 1 aliphatic rings. The van der Waals surface area contributed by atoms with Crippen molar-refractivity contribution in [2.24, 2.45) is 5.73 Å². The maximum absolute atomic E-state index is 13.4. The highest BCUT2D eigenvalue weighted by atomic mass is 35.5. The predicted octanol–water partition coefficient (Wildman–Crippen LogP) is 3.83. The zero-order valence-electron chi connectivity index (χ0n) is 19.1. The number of nitrogens with two attached hydrogens (primary N) is 1. The summed E-state index contributed by atoms with van der Waals surface area (Å²) in [5, 5.41) is 3.30. The van der Waals surface area contributed by atoms with Crippen molar-refractivity contribution >= 4 is 40.9 Å². The summed E-state index contributed by atoms with van der Waals surface area (Å²) in [5.74, 6) is -1.99. The van der Waals surface area contributed by atoms with Crippen LogP contribution in [0.15, 0.2) is 66.7 Å². The maximum Gasteiger partial charge on any atom is 0.264 e. The van der Waals surface area contributed by atoms with E-state index in [4.69, 9.17) is 28.9 Å². The van der Waals surface area contributed by atoms with E-state index in [9.17, 15) is 18.8 Å². The van der Waals surface area contributed by atoms with Gasteiger partial charge in [0.2, 0.25) is 0 Å². The van der Waals surface area contributed by atoms with Crippen molar-refractivity contribution in [3.8, 4) is 0 Å². The highest BCUT2D eigenvalue weighted by molar-refractivity contribution is 6.42. The van der Waals surface area contributed by atoms with Crippen LogP contribution in [0.5, 0.6) is 0 Å². The van der Waals surface area contributed by atoms with Gasteiger partial charge in [0.05, 0.1) is 10.0 Å². The lowest BCUT2D eigenvalue weighted by Gasteiger charge is -2.29. The third-order valence-corrected chi connectivity index (χ3v) is 6.62. The normalized spacial score (nSPS) is 15.2. The lowest BCUT2D eigenvalue weighted by molar-refractivity contribution is -0.128. The van der Waals surface area contributed by atoms with E-state index < -0.39 is 29.7 Å². The number of carbonyl (C=O) groups is 3. The molecule has 1 heterocycles. The van der Waals surface area contributed by atoms with Crippen molar-refractivity contribution in [1.82, 2.24) is 15.1 Å². The first kappa shape index (κ1) is 25.6. The van der Waals surface area contributed by atoms with Crippen LogP contribution in [0.2, 0.25) is 10.0 Å². The average molecular weight is 529 g/mol. The fraction of sp³-hybridized carbons (Fsp3) is 0.192. The Balaban J connectivity index is 1.61. The lowest BCUT2D eigenvalue weighted by atomic mass is 10.1. The Labute approximate surface area is 217 Å². The summed E-state index contributed by atoms with van der Waals surface area (Å²) < 4.78 is 13.4. The molecule has 1 aliphatic heterocycles. The van der Waals surface area contributed by atoms with Gasteiger partial charge in [-0.15, -0.1) is 0 Å². The Hall–Kier alpha value is -3.46. The Morgan fingerprint density at radius 3 is 2.11 bits per heavy atom. The van der Waals surface area contributed by atoms with Crippen LogP contribution in [0, 0.1) is 5.82 Å². The first-order valence-electron chi connectivity index (χ1n) is 11.2. The molecule has 0 radical (unpaired) electrons. The summed E-state index contributed by atoms with van der Waals surface area (Å²) in [4.78, 5) is 42.7. The molecule has 0 aromatic heterocycles. The molecule has 3 N–H and O–H groups in total. The topological polar surface area (TPSA) is 95.7 Å². The zero-order chi connectivity index (χ0) is 25.8. The highest BCUT2D eigenvalue weighted by Crippen LogP contribution is 2.26. The van der Waals surface area contributed by atoms with Crippen LogP contribution in [0.3, 0.4) is 0 Å². The Bertz CT molecular complexity index is 1300. The Morgan fingerprint density at radius 1 is 0.861 bits per heavy atom. The highest BCUT2D eigenvalue weighted by Gasteiger charge is 2.43. The third kappa shape index (κ3) is 5.51. The lowest BCUT2D eigenvalue weighted by Crippen LogP contribution is -2.53. The minimum atomic E-state index is -1.22. The summed E-state index contributed by atoms with van der Waals surface area (Å²) in [6.45, 7) is 0.767. The van der Waals surface area contributed by atoms with Crippen LogP contribution < -0.4 is 11.1 Å². The van der Waals surface area contributed by atoms with Crippen molar-refractivity contribution in [2.75, 3.05) is 13.1 Å². The molecule has 0 aliphatic carbocycles. The van der Waals surface area contributed by atoms with Crippen molar-refractivity contribution in [2.45, 2.75) is 19.3 Å². The van der Waals surface area contributed by atoms with Gasteiger partial charge in [0.25, 0.3) is 17.7 Å². The fourth-order valence-electron chi connectivity index (χ4n) is 4.04. The number of benzene rings is 3. The van der Waals surface area contributed by atoms with E-state index in [2.05, 4.69) is 5.32 Å². The molecule has 0 bridgehead atoms. The molecule has 1 unspecified atom stereocenters. The maximum atomic E-state index is 13.4. The molecule has 10 heteroatoms. The van der Waals surface area contributed by atoms with Crippen LogP contribution in [0.4, 0.5) is 4.39 Å². The van der Waals surface area contributed by atoms with Gasteiger partial charge < -0.3 is 20.9 Å². The van der Waals surface area contributed by atoms with Crippen molar-refractivity contribution in [1.29, 1.82) is 0 Å². The van der Waals surface area contributed by atoms with Crippen molar-refractivity contribution in [3.05, 3.63) is 105 Å². The molecular formula is C26H23Cl2FN4O3. The number of amides is 3. The second kappa shape index (κ2) is 11.1. The largest absolute Gasteiger partial charge is 0.349 e. The van der Waals surface area contributed by atoms with E-state index in [-0.39, 0.29) is 40.8 Å². The summed E-state index contributed by atoms with van der Waals surface area (Å²) in [7, 11) is 0. The van der Waals surface area contributed by atoms with Gasteiger partial charge in [-0.2, -0.15) is 0 Å². The van der Waals surface area contributed by atoms with Crippen LogP contribution in [0.1, 0.15) is 31.8 Å². The van der Waals surface area contributed by atoms with Gasteiger partial charge in [-0.1, -0.05) is 47.5 Å². The number of carbonyl (C=O) groups excluding carboxylic acids is 3. The van der Waals surface area contributed by atoms with Gasteiger partial charge in [-0.05, 0) is 53.6 Å². The van der Waals surface area contributed by atoms with E-state index in [1.807, 2.05) is 24.3 Å². The van der Waals surface area contributed by atoms with Crippen molar-refractivity contribution < 1.29 is 18.8 Å². The Kier molecular flexibility index (Phi) is 7.88. The molecular weight excluding hydrogens is 506 g/mol. The summed E-state index contributed by atoms with van der Waals surface area (Å²) >= 11 is 12.1. The number of rotatable bonds is 6. The summed E-state index contributed by atoms with van der Waals surface area (Å²) in [5.41, 5.74) is 7.86. The van der Waals surface area contributed by atoms with E-state index in [1.165, 1.54) is 52.3 Å². The number of halogens is 3. The molecule has 4 rings (SSSR count). The van der Waals surface area contributed by atoms with E-state index in [0.717, 1.165) is 11.1 Å². The number of hydrogen-bond acceptors (Lipinski definition) is 4. The minimum absolute atomic E-state index is 0.115. The zero-order valence-corrected chi connectivity index (χ0v) is 20.6. The summed E-state index contributed by atoms with van der Waals surface area (Å²) in [6.07, 6.45) is -1.22. The van der Waals surface area contributed by atoms with Crippen LogP contribution in [0.25, 0.3) is 0 Å². The van der Waals surface area contributed by atoms with Crippen LogP contribution >= 0.6 is 23.2 Å². The predicted molar refractivity (Wildman–Crippen MR) is 135 cm³/mol. The smallest absolute Gasteiger partial charge is 0.264 e. The fourth-order valence-corrected chi connectivity index (χ4v) is 4.34. The molecule has 1 saturated heterocycles. The van der Waals surface area contributed by atoms with Gasteiger partial charge in [0.1, 0.15) is 5.82 Å². The second-order valence-corrected chi connectivity index (χ2v) is 9.06. The quantitative estimate of drug-likeness (QED) is 0.508. The molecule has 7 nitrogen and oxygen atoms in total. The van der Waals surface area contributed by atoms with E-state index in [0.29, 0.717) is 6.54 Å². The Morgan fingerprint density at radius 2 is 1.47 bits per heavy atom. The van der Waals surface area contributed by atoms with E-state index in [1.54, 1.807) is 0 Å². The minimum Gasteiger partial charge on any atom is -0.349 e. The molecule has 3 amide bonds. The molecule has 1 fully saturated rings. The first-order chi connectivity index (χ1) is 17.3. The number of nitrogens with zero attached hydrogens (tertiary/aromatic N) is 2. The monoisotopic (exact) mass is 528 g/mol. The van der Waals surface area contributed by atoms with Gasteiger partial charge >= 0.3 is 0 Å². The average Bonchev–Trinajstić information content (AvgIpc) is 3.34. The van der Waals surface area contributed by atoms with E-state index >= 15 is 0 Å².